The third kappa shape index (κ3) is 2.47. The van der Waals surface area contributed by atoms with E-state index in [4.69, 9.17) is 5.73 Å². The van der Waals surface area contributed by atoms with Crippen LogP contribution in [0, 0.1) is 5.92 Å². The molecule has 0 fully saturated rings. The molecule has 1 rings (SSSR count). The average Bonchev–Trinajstić information content (AvgIpc) is 2.51. The van der Waals surface area contributed by atoms with Gasteiger partial charge in [0.25, 0.3) is 0 Å². The van der Waals surface area contributed by atoms with Gasteiger partial charge >= 0.3 is 0 Å². The quantitative estimate of drug-likeness (QED) is 0.775. The Kier molecular flexibility index (Phi) is 3.34. The van der Waals surface area contributed by atoms with Crippen molar-refractivity contribution in [2.24, 2.45) is 5.92 Å². The Bertz CT molecular complexity index is 254. The molecule has 2 atom stereocenters. The highest BCUT2D eigenvalue weighted by atomic mass is 15.1. The van der Waals surface area contributed by atoms with Gasteiger partial charge in [0.2, 0.25) is 0 Å². The molecule has 0 saturated heterocycles. The van der Waals surface area contributed by atoms with Gasteiger partial charge < -0.3 is 10.3 Å². The lowest BCUT2D eigenvalue weighted by molar-refractivity contribution is 0.401. The fourth-order valence-electron chi connectivity index (χ4n) is 1.56. The lowest BCUT2D eigenvalue weighted by atomic mass is 10.0. The molecule has 13 heavy (non-hydrogen) atoms. The van der Waals surface area contributed by atoms with Crippen molar-refractivity contribution in [3.63, 3.8) is 0 Å². The van der Waals surface area contributed by atoms with Crippen LogP contribution in [0.3, 0.4) is 0 Å². The summed E-state index contributed by atoms with van der Waals surface area (Å²) >= 11 is 0. The highest BCUT2D eigenvalue weighted by Crippen LogP contribution is 2.20. The third-order valence-corrected chi connectivity index (χ3v) is 2.61. The van der Waals surface area contributed by atoms with Gasteiger partial charge in [-0.1, -0.05) is 20.3 Å². The number of nitrogen functional groups attached to an aromatic ring is 1. The van der Waals surface area contributed by atoms with E-state index in [2.05, 4.69) is 25.8 Å². The third-order valence-electron chi connectivity index (χ3n) is 2.61. The highest BCUT2D eigenvalue weighted by molar-refractivity contribution is 5.17. The zero-order chi connectivity index (χ0) is 9.84. The molecule has 0 aromatic carbocycles. The lowest BCUT2D eigenvalue weighted by Gasteiger charge is -2.18. The number of nitrogens with two attached hydrogens (primary N) is 1. The van der Waals surface area contributed by atoms with Gasteiger partial charge in [0.15, 0.2) is 5.95 Å². The fourth-order valence-corrected chi connectivity index (χ4v) is 1.56. The Morgan fingerprint density at radius 1 is 1.54 bits per heavy atom. The van der Waals surface area contributed by atoms with E-state index in [-0.39, 0.29) is 0 Å². The molecule has 2 unspecified atom stereocenters. The average molecular weight is 181 g/mol. The Balaban J connectivity index is 2.58. The molecule has 74 valence electrons. The summed E-state index contributed by atoms with van der Waals surface area (Å²) < 4.78 is 2.03. The molecule has 1 aromatic heterocycles. The van der Waals surface area contributed by atoms with Crippen LogP contribution in [0.5, 0.6) is 0 Å². The van der Waals surface area contributed by atoms with Crippen molar-refractivity contribution in [2.45, 2.75) is 39.7 Å². The molecule has 1 aromatic rings. The summed E-state index contributed by atoms with van der Waals surface area (Å²) in [5, 5.41) is 0. The molecule has 0 bridgehead atoms. The second kappa shape index (κ2) is 4.30. The first-order chi connectivity index (χ1) is 6.15. The number of hydrogen-bond acceptors (Lipinski definition) is 2. The molecule has 0 aliphatic carbocycles. The summed E-state index contributed by atoms with van der Waals surface area (Å²) in [6, 6.07) is 0.456. The zero-order valence-corrected chi connectivity index (χ0v) is 8.70. The van der Waals surface area contributed by atoms with Crippen molar-refractivity contribution in [1.29, 1.82) is 0 Å². The van der Waals surface area contributed by atoms with E-state index in [1.54, 1.807) is 6.20 Å². The molecule has 0 amide bonds. The Hall–Kier alpha value is -0.990. The summed E-state index contributed by atoms with van der Waals surface area (Å²) in [4.78, 5) is 4.01. The Morgan fingerprint density at radius 2 is 2.23 bits per heavy atom. The molecular formula is C10H19N3. The zero-order valence-electron chi connectivity index (χ0n) is 8.70. The second-order valence-electron chi connectivity index (χ2n) is 3.79. The molecule has 2 N–H and O–H groups in total. The number of anilines is 1. The minimum absolute atomic E-state index is 0.456. The number of nitrogens with zero attached hydrogens (tertiary/aromatic N) is 2. The fraction of sp³-hybridized carbons (Fsp3) is 0.700. The minimum Gasteiger partial charge on any atom is -0.369 e. The van der Waals surface area contributed by atoms with Crippen molar-refractivity contribution in [1.82, 2.24) is 9.55 Å². The molecule has 1 heterocycles. The summed E-state index contributed by atoms with van der Waals surface area (Å²) in [5.41, 5.74) is 5.71. The normalized spacial score (nSPS) is 15.6. The first kappa shape index (κ1) is 10.1. The first-order valence-electron chi connectivity index (χ1n) is 4.93. The largest absolute Gasteiger partial charge is 0.369 e. The van der Waals surface area contributed by atoms with Crippen molar-refractivity contribution < 1.29 is 0 Å². The van der Waals surface area contributed by atoms with Gasteiger partial charge in [-0.05, 0) is 19.3 Å². The number of imidazole rings is 1. The monoisotopic (exact) mass is 181 g/mol. The highest BCUT2D eigenvalue weighted by Gasteiger charge is 2.10. The van der Waals surface area contributed by atoms with Gasteiger partial charge in [-0.25, -0.2) is 4.98 Å². The Morgan fingerprint density at radius 3 is 2.69 bits per heavy atom. The maximum absolute atomic E-state index is 5.71. The predicted octanol–water partition coefficient (Wildman–Crippen LogP) is 2.46. The van der Waals surface area contributed by atoms with Crippen LogP contribution in [0.15, 0.2) is 12.4 Å². The molecule has 0 saturated carbocycles. The molecule has 0 spiro atoms. The lowest BCUT2D eigenvalue weighted by Crippen LogP contribution is -2.11. The van der Waals surface area contributed by atoms with E-state index in [9.17, 15) is 0 Å². The van der Waals surface area contributed by atoms with Gasteiger partial charge in [0, 0.05) is 18.4 Å². The molecule has 0 aliphatic heterocycles. The van der Waals surface area contributed by atoms with E-state index in [0.717, 1.165) is 12.3 Å². The van der Waals surface area contributed by atoms with Gasteiger partial charge in [-0.3, -0.25) is 0 Å². The van der Waals surface area contributed by atoms with E-state index < -0.39 is 0 Å². The van der Waals surface area contributed by atoms with E-state index in [0.29, 0.717) is 12.0 Å². The molecule has 3 heteroatoms. The van der Waals surface area contributed by atoms with Crippen LogP contribution in [0.25, 0.3) is 0 Å². The van der Waals surface area contributed by atoms with E-state index in [1.807, 2.05) is 10.8 Å². The second-order valence-corrected chi connectivity index (χ2v) is 3.79. The van der Waals surface area contributed by atoms with Gasteiger partial charge in [0.05, 0.1) is 0 Å². The van der Waals surface area contributed by atoms with Gasteiger partial charge in [0.1, 0.15) is 0 Å². The van der Waals surface area contributed by atoms with Crippen molar-refractivity contribution in [3.05, 3.63) is 12.4 Å². The van der Waals surface area contributed by atoms with Crippen LogP contribution in [0.2, 0.25) is 0 Å². The van der Waals surface area contributed by atoms with Crippen LogP contribution < -0.4 is 5.73 Å². The number of aromatic nitrogens is 2. The van der Waals surface area contributed by atoms with Gasteiger partial charge in [-0.15, -0.1) is 0 Å². The topological polar surface area (TPSA) is 43.8 Å². The standard InChI is InChI=1S/C10H19N3/c1-4-8(2)7-9(3)13-6-5-12-10(13)11/h5-6,8-9H,4,7H2,1-3H3,(H2,11,12). The summed E-state index contributed by atoms with van der Waals surface area (Å²) in [5.74, 6) is 1.37. The van der Waals surface area contributed by atoms with Crippen LogP contribution in [0.1, 0.15) is 39.7 Å². The maximum atomic E-state index is 5.71. The summed E-state index contributed by atoms with van der Waals surface area (Å²) in [7, 11) is 0. The predicted molar refractivity (Wildman–Crippen MR) is 55.4 cm³/mol. The first-order valence-corrected chi connectivity index (χ1v) is 4.93. The Labute approximate surface area is 80.0 Å². The maximum Gasteiger partial charge on any atom is 0.200 e. The van der Waals surface area contributed by atoms with E-state index in [1.165, 1.54) is 6.42 Å². The molecule has 0 radical (unpaired) electrons. The number of hydrogen-bond donors (Lipinski definition) is 1. The van der Waals surface area contributed by atoms with E-state index >= 15 is 0 Å². The van der Waals surface area contributed by atoms with Crippen molar-refractivity contribution >= 4 is 5.95 Å². The SMILES string of the molecule is CCC(C)CC(C)n1ccnc1N. The van der Waals surface area contributed by atoms with Crippen LogP contribution in [-0.4, -0.2) is 9.55 Å². The molecule has 0 aliphatic rings. The smallest absolute Gasteiger partial charge is 0.200 e. The van der Waals surface area contributed by atoms with Crippen molar-refractivity contribution in [2.75, 3.05) is 5.73 Å². The van der Waals surface area contributed by atoms with Crippen LogP contribution in [-0.2, 0) is 0 Å². The molecular weight excluding hydrogens is 162 g/mol. The van der Waals surface area contributed by atoms with Crippen molar-refractivity contribution in [3.8, 4) is 0 Å². The summed E-state index contributed by atoms with van der Waals surface area (Å²) in [6.45, 7) is 6.67. The van der Waals surface area contributed by atoms with Gasteiger partial charge in [-0.2, -0.15) is 0 Å². The van der Waals surface area contributed by atoms with Crippen LogP contribution >= 0.6 is 0 Å². The summed E-state index contributed by atoms with van der Waals surface area (Å²) in [6.07, 6.45) is 6.08. The minimum atomic E-state index is 0.456. The van der Waals surface area contributed by atoms with Crippen LogP contribution in [0.4, 0.5) is 5.95 Å². The molecule has 3 nitrogen and oxygen atoms in total. The number of rotatable bonds is 4.